The Kier molecular flexibility index (Phi) is 884000. The monoisotopic (exact) mass is 170 g/mol. The van der Waals surface area contributed by atoms with Gasteiger partial charge in [-0.05, 0) is 0 Å². The number of rotatable bonds is 0. The molecule has 0 heterocycles. The van der Waals surface area contributed by atoms with Crippen LogP contribution in [0.25, 0.3) is 0 Å². The summed E-state index contributed by atoms with van der Waals surface area (Å²) in [7, 11) is 0. The summed E-state index contributed by atoms with van der Waals surface area (Å²) in [5, 5.41) is 0. The second-order valence-electron chi connectivity index (χ2n) is 0. The molecule has 16 N–H and O–H groups in total. The van der Waals surface area contributed by atoms with Crippen molar-refractivity contribution in [3.05, 3.63) is 0 Å². The van der Waals surface area contributed by atoms with Gasteiger partial charge in [0, 0.05) is 0 Å². The lowest BCUT2D eigenvalue weighted by atomic mass is 16.0. The highest BCUT2D eigenvalue weighted by molar-refractivity contribution is 5.75. The van der Waals surface area contributed by atoms with Gasteiger partial charge in [0.05, 0.1) is 0 Å². The SMILES string of the molecule is O.O.O.O.O.O.O.O.[MgH2]. The van der Waals surface area contributed by atoms with Crippen LogP contribution in [0.5, 0.6) is 0 Å². The fourth-order valence-electron chi connectivity index (χ4n) is 0. The van der Waals surface area contributed by atoms with Gasteiger partial charge in [0.2, 0.25) is 0 Å². The Morgan fingerprint density at radius 1 is 0.222 bits per heavy atom. The van der Waals surface area contributed by atoms with Crippen molar-refractivity contribution in [3.63, 3.8) is 0 Å². The summed E-state index contributed by atoms with van der Waals surface area (Å²) in [6, 6.07) is 0. The first-order chi connectivity index (χ1) is 0. The molecule has 0 atom stereocenters. The second kappa shape index (κ2) is 2350. The molecule has 0 amide bonds. The standard InChI is InChI=1S/Mg.8H2O.2H/h;8*1H2;;. The van der Waals surface area contributed by atoms with Crippen molar-refractivity contribution < 1.29 is 43.8 Å². The van der Waals surface area contributed by atoms with Gasteiger partial charge in [-0.3, -0.25) is 0 Å². The van der Waals surface area contributed by atoms with E-state index in [0.29, 0.717) is 0 Å². The van der Waals surface area contributed by atoms with E-state index in [0.717, 1.165) is 0 Å². The lowest BCUT2D eigenvalue weighted by Gasteiger charge is -0.413. The van der Waals surface area contributed by atoms with Gasteiger partial charge < -0.3 is 43.8 Å². The molecule has 9 heteroatoms. The highest BCUT2D eigenvalue weighted by atomic mass is 24.3. The van der Waals surface area contributed by atoms with Gasteiger partial charge in [-0.25, -0.2) is 0 Å². The van der Waals surface area contributed by atoms with Crippen molar-refractivity contribution in [2.45, 2.75) is 0 Å². The van der Waals surface area contributed by atoms with Crippen LogP contribution in [0.1, 0.15) is 0 Å². The van der Waals surface area contributed by atoms with Crippen LogP contribution < -0.4 is 0 Å². The lowest BCUT2D eigenvalue weighted by Crippen LogP contribution is -0.381. The lowest BCUT2D eigenvalue weighted by molar-refractivity contribution is 0.823. The Hall–Kier alpha value is 0.446. The fourth-order valence-corrected chi connectivity index (χ4v) is 0. The quantitative estimate of drug-likeness (QED) is 0.307. The summed E-state index contributed by atoms with van der Waals surface area (Å²) in [4.78, 5) is 0. The zero-order valence-corrected chi connectivity index (χ0v) is 4.00. The molecular formula is H18MgO8. The van der Waals surface area contributed by atoms with Crippen LogP contribution in [0.2, 0.25) is 0 Å². The minimum absolute atomic E-state index is 0. The van der Waals surface area contributed by atoms with Crippen LogP contribution in [0.3, 0.4) is 0 Å². The summed E-state index contributed by atoms with van der Waals surface area (Å²) in [6.45, 7) is 0. The molecule has 0 aliphatic rings. The van der Waals surface area contributed by atoms with Crippen molar-refractivity contribution in [2.75, 3.05) is 0 Å². The zero-order chi connectivity index (χ0) is 0. The third kappa shape index (κ3) is 1760. The van der Waals surface area contributed by atoms with Crippen LogP contribution >= 0.6 is 0 Å². The molecule has 68 valence electrons. The largest absolute Gasteiger partial charge is 0.412 e. The molecule has 0 fully saturated rings. The van der Waals surface area contributed by atoms with E-state index in [9.17, 15) is 0 Å². The van der Waals surface area contributed by atoms with Crippen LogP contribution in [-0.4, -0.2) is 66.9 Å². The van der Waals surface area contributed by atoms with Gasteiger partial charge in [0.15, 0.2) is 0 Å². The van der Waals surface area contributed by atoms with E-state index in [-0.39, 0.29) is 66.9 Å². The molecule has 0 bridgehead atoms. The molecule has 0 aromatic heterocycles. The topological polar surface area (TPSA) is 252 Å². The highest BCUT2D eigenvalue weighted by Gasteiger charge is 0.316. The Bertz CT molecular complexity index is 4.53. The van der Waals surface area contributed by atoms with E-state index in [1.54, 1.807) is 0 Å². The molecule has 0 saturated carbocycles. The van der Waals surface area contributed by atoms with Gasteiger partial charge in [0.25, 0.3) is 0 Å². The van der Waals surface area contributed by atoms with E-state index in [2.05, 4.69) is 0 Å². The van der Waals surface area contributed by atoms with Crippen LogP contribution in [0, 0.1) is 0 Å². The first kappa shape index (κ1) is 3380. The number of hydrogen-bond acceptors (Lipinski definition) is 0. The van der Waals surface area contributed by atoms with E-state index >= 15 is 0 Å². The highest BCUT2D eigenvalue weighted by Crippen LogP contribution is -0.282. The van der Waals surface area contributed by atoms with Crippen molar-refractivity contribution in [1.82, 2.24) is 0 Å². The first-order valence-corrected chi connectivity index (χ1v) is 0. The minimum atomic E-state index is 0. The molecule has 0 radical (unpaired) electrons. The van der Waals surface area contributed by atoms with Crippen LogP contribution in [0.4, 0.5) is 0 Å². The Labute approximate surface area is 67.5 Å². The van der Waals surface area contributed by atoms with E-state index in [1.807, 2.05) is 0 Å². The maximum atomic E-state index is 0. The fraction of sp³-hybridized carbons (Fsp3) is 0. The van der Waals surface area contributed by atoms with Gasteiger partial charge in [-0.15, -0.1) is 0 Å². The Morgan fingerprint density at radius 2 is 0.222 bits per heavy atom. The maximum absolute atomic E-state index is 0. The third-order valence-corrected chi connectivity index (χ3v) is 0. The predicted molar refractivity (Wildman–Crippen MR) is 37.5 cm³/mol. The second-order valence-corrected chi connectivity index (χ2v) is 0. The molecular weight excluding hydrogens is 152 g/mol. The van der Waals surface area contributed by atoms with Crippen molar-refractivity contribution in [2.24, 2.45) is 0 Å². The van der Waals surface area contributed by atoms with E-state index in [1.165, 1.54) is 0 Å². The first-order valence-electron chi connectivity index (χ1n) is 0. The molecule has 0 aliphatic heterocycles. The maximum Gasteiger partial charge on any atom is 0.316 e. The van der Waals surface area contributed by atoms with E-state index < -0.39 is 0 Å². The molecule has 0 aromatic carbocycles. The summed E-state index contributed by atoms with van der Waals surface area (Å²) >= 11 is 0. The normalized spacial score (nSPS) is 0. The molecule has 0 unspecified atom stereocenters. The molecule has 0 aromatic rings. The summed E-state index contributed by atoms with van der Waals surface area (Å²) in [5.74, 6) is 0. The predicted octanol–water partition coefficient (Wildman–Crippen LogP) is -7.51. The Morgan fingerprint density at radius 3 is 0.222 bits per heavy atom. The molecule has 0 aliphatic carbocycles. The molecule has 0 saturated heterocycles. The van der Waals surface area contributed by atoms with Gasteiger partial charge in [0.1, 0.15) is 0 Å². The van der Waals surface area contributed by atoms with Crippen molar-refractivity contribution in [1.29, 1.82) is 0 Å². The van der Waals surface area contributed by atoms with Gasteiger partial charge >= 0.3 is 23.1 Å². The summed E-state index contributed by atoms with van der Waals surface area (Å²) in [5.41, 5.74) is 0. The molecule has 9 heavy (non-hydrogen) atoms. The van der Waals surface area contributed by atoms with E-state index in [4.69, 9.17) is 0 Å². The van der Waals surface area contributed by atoms with Crippen molar-refractivity contribution >= 4 is 23.1 Å². The average molecular weight is 170 g/mol. The summed E-state index contributed by atoms with van der Waals surface area (Å²) < 4.78 is 0. The number of hydrogen-bond donors (Lipinski definition) is 0. The van der Waals surface area contributed by atoms with Crippen LogP contribution in [-0.2, 0) is 0 Å². The van der Waals surface area contributed by atoms with Gasteiger partial charge in [-0.1, -0.05) is 0 Å². The van der Waals surface area contributed by atoms with Gasteiger partial charge in [-0.2, -0.15) is 0 Å². The third-order valence-electron chi connectivity index (χ3n) is 0. The molecule has 8 nitrogen and oxygen atoms in total. The Balaban J connectivity index is 0. The molecule has 0 spiro atoms. The summed E-state index contributed by atoms with van der Waals surface area (Å²) in [6.07, 6.45) is 0. The van der Waals surface area contributed by atoms with Crippen LogP contribution in [0.15, 0.2) is 0 Å². The molecule has 0 rings (SSSR count). The zero-order valence-electron chi connectivity index (χ0n) is 4.00. The smallest absolute Gasteiger partial charge is 0.316 e. The minimum Gasteiger partial charge on any atom is -0.412 e. The van der Waals surface area contributed by atoms with Crippen molar-refractivity contribution in [3.8, 4) is 0 Å². The average Bonchev–Trinajstić information content (AvgIpc) is 0.